The summed E-state index contributed by atoms with van der Waals surface area (Å²) in [5.41, 5.74) is 0.313. The van der Waals surface area contributed by atoms with Gasteiger partial charge in [0.05, 0.1) is 5.56 Å². The van der Waals surface area contributed by atoms with Crippen molar-refractivity contribution in [2.45, 2.75) is 19.0 Å². The first-order valence-electron chi connectivity index (χ1n) is 4.88. The van der Waals surface area contributed by atoms with Crippen LogP contribution in [0.5, 0.6) is 0 Å². The summed E-state index contributed by atoms with van der Waals surface area (Å²) in [6.07, 6.45) is -4.22. The van der Waals surface area contributed by atoms with E-state index in [1.165, 1.54) is 12.1 Å². The minimum Gasteiger partial charge on any atom is -0.481 e. The zero-order chi connectivity index (χ0) is 13.1. The highest BCUT2D eigenvalue weighted by Crippen LogP contribution is 2.30. The molecule has 0 saturated heterocycles. The van der Waals surface area contributed by atoms with Gasteiger partial charge in [0.25, 0.3) is 0 Å². The Morgan fingerprint density at radius 2 is 1.71 bits per heavy atom. The molecule has 5 heteroatoms. The number of rotatable bonds is 4. The fourth-order valence-electron chi connectivity index (χ4n) is 1.30. The van der Waals surface area contributed by atoms with Crippen LogP contribution in [0.1, 0.15) is 24.0 Å². The number of carboxylic acids is 1. The van der Waals surface area contributed by atoms with Crippen LogP contribution in [-0.4, -0.2) is 11.1 Å². The molecule has 0 aliphatic heterocycles. The van der Waals surface area contributed by atoms with Gasteiger partial charge in [-0.05, 0) is 29.7 Å². The van der Waals surface area contributed by atoms with Crippen molar-refractivity contribution in [3.05, 3.63) is 42.0 Å². The average molecular weight is 244 g/mol. The van der Waals surface area contributed by atoms with E-state index in [4.69, 9.17) is 5.11 Å². The number of aliphatic carboxylic acids is 1. The molecule has 0 bridgehead atoms. The standard InChI is InChI=1S/C12H11F3O2/c1-8(2-7-11(16)17)9-3-5-10(6-4-9)12(13,14)15/h3-6H,1-2,7H2,(H,16,17). The predicted molar refractivity (Wildman–Crippen MR) is 57.3 cm³/mol. The average Bonchev–Trinajstić information content (AvgIpc) is 2.25. The molecular formula is C12H11F3O2. The van der Waals surface area contributed by atoms with Gasteiger partial charge in [-0.1, -0.05) is 18.7 Å². The van der Waals surface area contributed by atoms with Crippen LogP contribution in [0, 0.1) is 0 Å². The quantitative estimate of drug-likeness (QED) is 0.878. The molecule has 0 heterocycles. The molecule has 0 aromatic heterocycles. The third kappa shape index (κ3) is 3.94. The molecule has 0 aliphatic rings. The van der Waals surface area contributed by atoms with E-state index in [1.54, 1.807) is 0 Å². The molecular weight excluding hydrogens is 233 g/mol. The van der Waals surface area contributed by atoms with Crippen molar-refractivity contribution in [2.75, 3.05) is 0 Å². The predicted octanol–water partition coefficient (Wildman–Crippen LogP) is 3.58. The number of carbonyl (C=O) groups is 1. The Morgan fingerprint density at radius 1 is 1.18 bits per heavy atom. The van der Waals surface area contributed by atoms with Crippen molar-refractivity contribution in [2.24, 2.45) is 0 Å². The molecule has 0 fully saturated rings. The molecule has 92 valence electrons. The molecule has 0 saturated carbocycles. The van der Waals surface area contributed by atoms with Crippen LogP contribution in [0.4, 0.5) is 13.2 Å². The van der Waals surface area contributed by atoms with E-state index in [9.17, 15) is 18.0 Å². The fourth-order valence-corrected chi connectivity index (χ4v) is 1.30. The second-order valence-corrected chi connectivity index (χ2v) is 3.57. The number of alkyl halides is 3. The topological polar surface area (TPSA) is 37.3 Å². The number of hydrogen-bond acceptors (Lipinski definition) is 1. The molecule has 0 unspecified atom stereocenters. The van der Waals surface area contributed by atoms with Crippen molar-refractivity contribution in [3.63, 3.8) is 0 Å². The number of hydrogen-bond donors (Lipinski definition) is 1. The Labute approximate surface area is 96.4 Å². The number of halogens is 3. The van der Waals surface area contributed by atoms with E-state index in [1.807, 2.05) is 0 Å². The molecule has 1 aromatic rings. The molecule has 17 heavy (non-hydrogen) atoms. The van der Waals surface area contributed by atoms with Gasteiger partial charge in [-0.2, -0.15) is 13.2 Å². The van der Waals surface area contributed by atoms with Gasteiger partial charge < -0.3 is 5.11 Å². The van der Waals surface area contributed by atoms with Gasteiger partial charge in [0.15, 0.2) is 0 Å². The summed E-state index contributed by atoms with van der Waals surface area (Å²) >= 11 is 0. The van der Waals surface area contributed by atoms with E-state index >= 15 is 0 Å². The smallest absolute Gasteiger partial charge is 0.416 e. The van der Waals surface area contributed by atoms with E-state index in [-0.39, 0.29) is 12.8 Å². The van der Waals surface area contributed by atoms with E-state index in [0.717, 1.165) is 12.1 Å². The lowest BCUT2D eigenvalue weighted by molar-refractivity contribution is -0.138. The lowest BCUT2D eigenvalue weighted by Crippen LogP contribution is -2.04. The normalized spacial score (nSPS) is 11.2. The zero-order valence-corrected chi connectivity index (χ0v) is 8.92. The Hall–Kier alpha value is -1.78. The minimum absolute atomic E-state index is 0.0835. The lowest BCUT2D eigenvalue weighted by Gasteiger charge is -2.08. The summed E-state index contributed by atoms with van der Waals surface area (Å²) in [7, 11) is 0. The highest BCUT2D eigenvalue weighted by atomic mass is 19.4. The van der Waals surface area contributed by atoms with E-state index in [2.05, 4.69) is 6.58 Å². The molecule has 1 rings (SSSR count). The fraction of sp³-hybridized carbons (Fsp3) is 0.250. The first-order chi connectivity index (χ1) is 7.80. The highest BCUT2D eigenvalue weighted by Gasteiger charge is 2.29. The third-order valence-electron chi connectivity index (χ3n) is 2.26. The van der Waals surface area contributed by atoms with E-state index in [0.29, 0.717) is 11.1 Å². The summed E-state index contributed by atoms with van der Waals surface area (Å²) in [5.74, 6) is -0.960. The van der Waals surface area contributed by atoms with E-state index < -0.39 is 17.7 Å². The largest absolute Gasteiger partial charge is 0.481 e. The van der Waals surface area contributed by atoms with Crippen LogP contribution < -0.4 is 0 Å². The van der Waals surface area contributed by atoms with Crippen LogP contribution in [-0.2, 0) is 11.0 Å². The maximum atomic E-state index is 12.3. The Morgan fingerprint density at radius 3 is 2.12 bits per heavy atom. The second-order valence-electron chi connectivity index (χ2n) is 3.57. The summed E-state index contributed by atoms with van der Waals surface area (Å²) < 4.78 is 36.8. The van der Waals surface area contributed by atoms with Crippen molar-refractivity contribution in [1.82, 2.24) is 0 Å². The van der Waals surface area contributed by atoms with Crippen molar-refractivity contribution >= 4 is 11.5 Å². The van der Waals surface area contributed by atoms with Gasteiger partial charge in [-0.3, -0.25) is 4.79 Å². The summed E-state index contributed by atoms with van der Waals surface area (Å²) in [6.45, 7) is 3.64. The summed E-state index contributed by atoms with van der Waals surface area (Å²) in [4.78, 5) is 10.3. The first-order valence-corrected chi connectivity index (χ1v) is 4.88. The molecule has 2 nitrogen and oxygen atoms in total. The van der Waals surface area contributed by atoms with Crippen LogP contribution in [0.15, 0.2) is 30.8 Å². The SMILES string of the molecule is C=C(CCC(=O)O)c1ccc(C(F)(F)F)cc1. The van der Waals surface area contributed by atoms with Crippen LogP contribution in [0.25, 0.3) is 5.57 Å². The molecule has 0 spiro atoms. The van der Waals surface area contributed by atoms with Gasteiger partial charge in [0.2, 0.25) is 0 Å². The molecule has 1 N–H and O–H groups in total. The number of allylic oxidation sites excluding steroid dienone is 1. The number of benzene rings is 1. The summed E-state index contributed by atoms with van der Waals surface area (Å²) in [6, 6.07) is 4.52. The van der Waals surface area contributed by atoms with Crippen molar-refractivity contribution < 1.29 is 23.1 Å². The maximum Gasteiger partial charge on any atom is 0.416 e. The Kier molecular flexibility index (Phi) is 3.93. The summed E-state index contributed by atoms with van der Waals surface area (Å²) in [5, 5.41) is 8.47. The van der Waals surface area contributed by atoms with Gasteiger partial charge in [0.1, 0.15) is 0 Å². The molecule has 0 aliphatic carbocycles. The minimum atomic E-state index is -4.36. The highest BCUT2D eigenvalue weighted by molar-refractivity contribution is 5.72. The van der Waals surface area contributed by atoms with Crippen LogP contribution in [0.3, 0.4) is 0 Å². The number of carboxylic acid groups (broad SMARTS) is 1. The second kappa shape index (κ2) is 5.03. The lowest BCUT2D eigenvalue weighted by atomic mass is 10.0. The van der Waals surface area contributed by atoms with Crippen molar-refractivity contribution in [1.29, 1.82) is 0 Å². The van der Waals surface area contributed by atoms with Gasteiger partial charge in [-0.15, -0.1) is 0 Å². The van der Waals surface area contributed by atoms with Crippen LogP contribution >= 0.6 is 0 Å². The van der Waals surface area contributed by atoms with Gasteiger partial charge in [0, 0.05) is 6.42 Å². The monoisotopic (exact) mass is 244 g/mol. The molecule has 0 atom stereocenters. The Bertz CT molecular complexity index is 418. The van der Waals surface area contributed by atoms with Crippen LogP contribution in [0.2, 0.25) is 0 Å². The van der Waals surface area contributed by atoms with Gasteiger partial charge >= 0.3 is 12.1 Å². The third-order valence-corrected chi connectivity index (χ3v) is 2.26. The first kappa shape index (κ1) is 13.3. The molecule has 0 radical (unpaired) electrons. The zero-order valence-electron chi connectivity index (χ0n) is 8.92. The maximum absolute atomic E-state index is 12.3. The molecule has 0 amide bonds. The molecule has 1 aromatic carbocycles. The Balaban J connectivity index is 2.74. The van der Waals surface area contributed by atoms with Gasteiger partial charge in [-0.25, -0.2) is 0 Å². The van der Waals surface area contributed by atoms with Crippen molar-refractivity contribution in [3.8, 4) is 0 Å².